The van der Waals surface area contributed by atoms with Crippen molar-refractivity contribution >= 4 is 11.3 Å². The van der Waals surface area contributed by atoms with Crippen molar-refractivity contribution in [3.8, 4) is 0 Å². The van der Waals surface area contributed by atoms with Crippen LogP contribution >= 0.6 is 11.3 Å². The molecule has 0 saturated heterocycles. The van der Waals surface area contributed by atoms with Crippen LogP contribution in [0.25, 0.3) is 0 Å². The van der Waals surface area contributed by atoms with Crippen molar-refractivity contribution in [2.75, 3.05) is 0 Å². The summed E-state index contributed by atoms with van der Waals surface area (Å²) in [6.45, 7) is 1.86. The molecule has 2 nitrogen and oxygen atoms in total. The Morgan fingerprint density at radius 3 is 2.53 bits per heavy atom. The van der Waals surface area contributed by atoms with Crippen LogP contribution in [0.4, 0.5) is 13.2 Å². The van der Waals surface area contributed by atoms with Crippen LogP contribution in [-0.2, 0) is 0 Å². The quantitative estimate of drug-likeness (QED) is 0.625. The lowest BCUT2D eigenvalue weighted by molar-refractivity contribution is -0.136. The number of thiophene rings is 1. The van der Waals surface area contributed by atoms with Gasteiger partial charge in [0, 0.05) is 12.5 Å². The van der Waals surface area contributed by atoms with Crippen molar-refractivity contribution in [2.24, 2.45) is 5.84 Å². The molecule has 86 valence electrons. The van der Waals surface area contributed by atoms with Gasteiger partial charge in [-0.1, -0.05) is 0 Å². The molecule has 0 aliphatic carbocycles. The molecule has 0 aliphatic heterocycles. The molecule has 1 unspecified atom stereocenters. The van der Waals surface area contributed by atoms with E-state index in [1.807, 2.05) is 17.7 Å². The van der Waals surface area contributed by atoms with Crippen molar-refractivity contribution in [2.45, 2.75) is 32.0 Å². The van der Waals surface area contributed by atoms with Gasteiger partial charge in [-0.15, -0.1) is 0 Å². The molecule has 1 atom stereocenters. The Morgan fingerprint density at radius 2 is 2.13 bits per heavy atom. The van der Waals surface area contributed by atoms with Crippen LogP contribution in [0, 0.1) is 6.92 Å². The van der Waals surface area contributed by atoms with Gasteiger partial charge in [-0.3, -0.25) is 11.3 Å². The predicted molar refractivity (Wildman–Crippen MR) is 54.4 cm³/mol. The van der Waals surface area contributed by atoms with Gasteiger partial charge in [0.1, 0.15) is 0 Å². The highest BCUT2D eigenvalue weighted by Gasteiger charge is 2.28. The third-order valence-electron chi connectivity index (χ3n) is 2.19. The highest BCUT2D eigenvalue weighted by molar-refractivity contribution is 7.08. The summed E-state index contributed by atoms with van der Waals surface area (Å²) in [5.41, 5.74) is 4.25. The number of hydrogen-bond donors (Lipinski definition) is 2. The Bertz CT molecular complexity index is 309. The molecule has 3 N–H and O–H groups in total. The molecular formula is C9H13F3N2S. The first-order valence-corrected chi connectivity index (χ1v) is 5.44. The summed E-state index contributed by atoms with van der Waals surface area (Å²) >= 11 is 1.47. The zero-order chi connectivity index (χ0) is 11.5. The molecule has 0 radical (unpaired) electrons. The summed E-state index contributed by atoms with van der Waals surface area (Å²) in [6, 6.07) is -0.419. The maximum absolute atomic E-state index is 12.0. The number of rotatable bonds is 4. The Morgan fingerprint density at radius 1 is 1.47 bits per heavy atom. The number of nitrogens with two attached hydrogens (primary N) is 1. The number of nitrogens with one attached hydrogen (secondary N) is 1. The second-order valence-corrected chi connectivity index (χ2v) is 4.13. The lowest BCUT2D eigenvalue weighted by Gasteiger charge is -2.16. The van der Waals surface area contributed by atoms with Crippen LogP contribution in [-0.4, -0.2) is 6.18 Å². The van der Waals surface area contributed by atoms with Gasteiger partial charge in [0.05, 0.1) is 0 Å². The Balaban J connectivity index is 2.61. The highest BCUT2D eigenvalue weighted by Crippen LogP contribution is 2.29. The van der Waals surface area contributed by atoms with Gasteiger partial charge >= 0.3 is 6.18 Å². The Labute approximate surface area is 90.3 Å². The topological polar surface area (TPSA) is 38.0 Å². The van der Waals surface area contributed by atoms with E-state index in [1.165, 1.54) is 11.3 Å². The lowest BCUT2D eigenvalue weighted by Crippen LogP contribution is -2.29. The fourth-order valence-electron chi connectivity index (χ4n) is 1.36. The third-order valence-corrected chi connectivity index (χ3v) is 3.07. The summed E-state index contributed by atoms with van der Waals surface area (Å²) < 4.78 is 36.1. The second-order valence-electron chi connectivity index (χ2n) is 3.38. The van der Waals surface area contributed by atoms with Gasteiger partial charge in [0.2, 0.25) is 0 Å². The number of hydrazine groups is 1. The summed E-state index contributed by atoms with van der Waals surface area (Å²) in [4.78, 5) is 0. The molecule has 1 aromatic rings. The van der Waals surface area contributed by atoms with Crippen LogP contribution in [0.2, 0.25) is 0 Å². The number of alkyl halides is 3. The fourth-order valence-corrected chi connectivity index (χ4v) is 2.27. The molecule has 6 heteroatoms. The molecule has 15 heavy (non-hydrogen) atoms. The largest absolute Gasteiger partial charge is 0.389 e. The minimum Gasteiger partial charge on any atom is -0.271 e. The van der Waals surface area contributed by atoms with Gasteiger partial charge in [-0.25, -0.2) is 0 Å². The first-order valence-electron chi connectivity index (χ1n) is 4.49. The molecule has 1 aromatic heterocycles. The monoisotopic (exact) mass is 238 g/mol. The van der Waals surface area contributed by atoms with E-state index in [-0.39, 0.29) is 6.42 Å². The van der Waals surface area contributed by atoms with E-state index in [0.717, 1.165) is 11.1 Å². The average Bonchev–Trinajstić information content (AvgIpc) is 2.52. The van der Waals surface area contributed by atoms with Crippen LogP contribution in [0.1, 0.15) is 30.0 Å². The molecule has 0 bridgehead atoms. The molecule has 0 fully saturated rings. The minimum atomic E-state index is -4.13. The van der Waals surface area contributed by atoms with Gasteiger partial charge < -0.3 is 0 Å². The molecule has 0 aromatic carbocycles. The first kappa shape index (κ1) is 12.5. The molecule has 1 heterocycles. The van der Waals surface area contributed by atoms with Crippen LogP contribution in [0.5, 0.6) is 0 Å². The van der Waals surface area contributed by atoms with Gasteiger partial charge in [0.15, 0.2) is 0 Å². The molecule has 0 spiro atoms. The molecule has 0 aliphatic rings. The van der Waals surface area contributed by atoms with E-state index in [0.29, 0.717) is 0 Å². The first-order chi connectivity index (χ1) is 6.94. The lowest BCUT2D eigenvalue weighted by atomic mass is 10.0. The van der Waals surface area contributed by atoms with Gasteiger partial charge in [-0.05, 0) is 35.2 Å². The van der Waals surface area contributed by atoms with E-state index in [1.54, 1.807) is 0 Å². The fraction of sp³-hybridized carbons (Fsp3) is 0.556. The maximum atomic E-state index is 12.0. The smallest absolute Gasteiger partial charge is 0.271 e. The van der Waals surface area contributed by atoms with Crippen LogP contribution in [0.15, 0.2) is 10.8 Å². The Hall–Kier alpha value is -0.590. The number of halogens is 3. The summed E-state index contributed by atoms with van der Waals surface area (Å²) in [5, 5.41) is 3.73. The van der Waals surface area contributed by atoms with Crippen LogP contribution < -0.4 is 11.3 Å². The predicted octanol–water partition coefficient (Wildman–Crippen LogP) is 2.90. The van der Waals surface area contributed by atoms with Crippen molar-refractivity contribution in [3.63, 3.8) is 0 Å². The second kappa shape index (κ2) is 4.96. The van der Waals surface area contributed by atoms with E-state index in [4.69, 9.17) is 5.84 Å². The molecule has 0 saturated carbocycles. The molecule has 1 rings (SSSR count). The standard InChI is InChI=1S/C9H13F3N2S/c1-6-4-15-5-7(6)8(14-13)2-3-9(10,11)12/h4-5,8,14H,2-3,13H2,1H3. The van der Waals surface area contributed by atoms with E-state index in [9.17, 15) is 13.2 Å². The van der Waals surface area contributed by atoms with Crippen molar-refractivity contribution in [1.82, 2.24) is 5.43 Å². The number of aryl methyl sites for hydroxylation is 1. The van der Waals surface area contributed by atoms with Crippen molar-refractivity contribution < 1.29 is 13.2 Å². The average molecular weight is 238 g/mol. The molecule has 0 amide bonds. The summed E-state index contributed by atoms with van der Waals surface area (Å²) in [5.74, 6) is 5.25. The van der Waals surface area contributed by atoms with Gasteiger partial charge in [-0.2, -0.15) is 24.5 Å². The van der Waals surface area contributed by atoms with Crippen molar-refractivity contribution in [1.29, 1.82) is 0 Å². The number of hydrogen-bond acceptors (Lipinski definition) is 3. The normalized spacial score (nSPS) is 14.2. The molecular weight excluding hydrogens is 225 g/mol. The van der Waals surface area contributed by atoms with E-state index in [2.05, 4.69) is 5.43 Å². The SMILES string of the molecule is Cc1cscc1C(CCC(F)(F)F)NN. The van der Waals surface area contributed by atoms with E-state index < -0.39 is 18.6 Å². The highest BCUT2D eigenvalue weighted by atomic mass is 32.1. The minimum absolute atomic E-state index is 0.0302. The van der Waals surface area contributed by atoms with Gasteiger partial charge in [0.25, 0.3) is 0 Å². The van der Waals surface area contributed by atoms with Crippen LogP contribution in [0.3, 0.4) is 0 Å². The zero-order valence-corrected chi connectivity index (χ0v) is 9.08. The summed E-state index contributed by atoms with van der Waals surface area (Å²) in [6.07, 6.45) is -4.98. The zero-order valence-electron chi connectivity index (χ0n) is 8.27. The maximum Gasteiger partial charge on any atom is 0.389 e. The summed E-state index contributed by atoms with van der Waals surface area (Å²) in [7, 11) is 0. The third kappa shape index (κ3) is 3.81. The van der Waals surface area contributed by atoms with E-state index >= 15 is 0 Å². The van der Waals surface area contributed by atoms with Crippen molar-refractivity contribution in [3.05, 3.63) is 21.9 Å². The Kier molecular flexibility index (Phi) is 4.12.